The zero-order valence-corrected chi connectivity index (χ0v) is 13.5. The van der Waals surface area contributed by atoms with Crippen LogP contribution in [0.15, 0.2) is 78.9 Å². The Balaban J connectivity index is 1.77. The second-order valence-electron chi connectivity index (χ2n) is 6.07. The molecule has 0 spiro atoms. The van der Waals surface area contributed by atoms with Gasteiger partial charge >= 0.3 is 0 Å². The third-order valence-corrected chi connectivity index (χ3v) is 4.38. The van der Waals surface area contributed by atoms with E-state index in [0.29, 0.717) is 12.1 Å². The van der Waals surface area contributed by atoms with Crippen molar-refractivity contribution in [3.05, 3.63) is 101 Å². The van der Waals surface area contributed by atoms with Gasteiger partial charge in [0.2, 0.25) is 0 Å². The minimum absolute atomic E-state index is 0.0625. The van der Waals surface area contributed by atoms with Crippen molar-refractivity contribution in [1.82, 2.24) is 4.90 Å². The lowest BCUT2D eigenvalue weighted by atomic mass is 10.0. The summed E-state index contributed by atoms with van der Waals surface area (Å²) in [6.45, 7) is 0.447. The van der Waals surface area contributed by atoms with Gasteiger partial charge in [0, 0.05) is 12.2 Å². The Hall–Kier alpha value is -3.14. The van der Waals surface area contributed by atoms with E-state index in [4.69, 9.17) is 0 Å². The van der Waals surface area contributed by atoms with Crippen molar-refractivity contribution in [3.8, 4) is 0 Å². The third-order valence-electron chi connectivity index (χ3n) is 4.38. The minimum Gasteiger partial charge on any atom is -0.361 e. The standard InChI is InChI=1S/C21H17FN2O/c22-17-10-6-9-16(13-17)20-23-19-12-5-4-11-18(19)21(25)24(20)14-15-7-2-1-3-8-15/h1-13,20,23H,14H2/t20-/m1/s1. The SMILES string of the molecule is O=C1c2ccccc2N[C@@H](c2cccc(F)c2)N1Cc1ccccc1. The molecule has 1 amide bonds. The highest BCUT2D eigenvalue weighted by Gasteiger charge is 2.32. The first-order valence-electron chi connectivity index (χ1n) is 8.18. The molecule has 1 heterocycles. The van der Waals surface area contributed by atoms with Gasteiger partial charge < -0.3 is 10.2 Å². The molecule has 0 radical (unpaired) electrons. The number of hydrogen-bond donors (Lipinski definition) is 1. The first-order valence-corrected chi connectivity index (χ1v) is 8.18. The topological polar surface area (TPSA) is 32.3 Å². The molecular weight excluding hydrogens is 315 g/mol. The van der Waals surface area contributed by atoms with Gasteiger partial charge in [0.15, 0.2) is 0 Å². The Bertz CT molecular complexity index is 911. The zero-order valence-electron chi connectivity index (χ0n) is 13.5. The van der Waals surface area contributed by atoms with Crippen LogP contribution in [0.5, 0.6) is 0 Å². The average molecular weight is 332 g/mol. The number of nitrogens with zero attached hydrogens (tertiary/aromatic N) is 1. The summed E-state index contributed by atoms with van der Waals surface area (Å²) in [5, 5.41) is 3.38. The first kappa shape index (κ1) is 15.4. The maximum atomic E-state index is 13.7. The van der Waals surface area contributed by atoms with E-state index in [-0.39, 0.29) is 11.7 Å². The zero-order chi connectivity index (χ0) is 17.2. The highest BCUT2D eigenvalue weighted by atomic mass is 19.1. The molecule has 3 aromatic carbocycles. The molecule has 1 atom stereocenters. The lowest BCUT2D eigenvalue weighted by Gasteiger charge is -2.38. The van der Waals surface area contributed by atoms with Crippen LogP contribution in [0.2, 0.25) is 0 Å². The number of carbonyl (C=O) groups excluding carboxylic acids is 1. The molecule has 4 rings (SSSR count). The molecule has 1 aliphatic rings. The molecule has 0 aromatic heterocycles. The van der Waals surface area contributed by atoms with Gasteiger partial charge in [0.1, 0.15) is 12.0 Å². The Labute approximate surface area is 145 Å². The van der Waals surface area contributed by atoms with E-state index in [1.807, 2.05) is 60.7 Å². The molecule has 0 unspecified atom stereocenters. The van der Waals surface area contributed by atoms with Crippen LogP contribution >= 0.6 is 0 Å². The van der Waals surface area contributed by atoms with Gasteiger partial charge in [-0.15, -0.1) is 0 Å². The van der Waals surface area contributed by atoms with E-state index in [1.54, 1.807) is 11.0 Å². The maximum Gasteiger partial charge on any atom is 0.258 e. The van der Waals surface area contributed by atoms with Crippen molar-refractivity contribution < 1.29 is 9.18 Å². The number of carbonyl (C=O) groups is 1. The fourth-order valence-corrected chi connectivity index (χ4v) is 3.18. The summed E-state index contributed by atoms with van der Waals surface area (Å²) in [5.74, 6) is -0.377. The van der Waals surface area contributed by atoms with Gasteiger partial charge in [-0.2, -0.15) is 0 Å². The van der Waals surface area contributed by atoms with E-state index in [0.717, 1.165) is 16.8 Å². The number of benzene rings is 3. The maximum absolute atomic E-state index is 13.7. The van der Waals surface area contributed by atoms with Crippen molar-refractivity contribution in [2.45, 2.75) is 12.7 Å². The van der Waals surface area contributed by atoms with Gasteiger partial charge in [0.25, 0.3) is 5.91 Å². The van der Waals surface area contributed by atoms with E-state index >= 15 is 0 Å². The molecule has 0 saturated heterocycles. The summed E-state index contributed by atoms with van der Waals surface area (Å²) in [6.07, 6.45) is -0.418. The fraction of sp³-hybridized carbons (Fsp3) is 0.0952. The van der Waals surface area contributed by atoms with Gasteiger partial charge in [-0.25, -0.2) is 4.39 Å². The molecule has 0 aliphatic carbocycles. The lowest BCUT2D eigenvalue weighted by molar-refractivity contribution is 0.0666. The lowest BCUT2D eigenvalue weighted by Crippen LogP contribution is -2.42. The largest absolute Gasteiger partial charge is 0.361 e. The number of fused-ring (bicyclic) bond motifs is 1. The van der Waals surface area contributed by atoms with Crippen molar-refractivity contribution in [2.24, 2.45) is 0 Å². The molecule has 3 aromatic rings. The second kappa shape index (κ2) is 6.40. The summed E-state index contributed by atoms with van der Waals surface area (Å²) >= 11 is 0. The number of anilines is 1. The predicted octanol–water partition coefficient (Wildman–Crippen LogP) is 4.59. The van der Waals surface area contributed by atoms with Crippen molar-refractivity contribution in [1.29, 1.82) is 0 Å². The molecule has 25 heavy (non-hydrogen) atoms. The van der Waals surface area contributed by atoms with Gasteiger partial charge in [0.05, 0.1) is 5.56 Å². The van der Waals surface area contributed by atoms with Crippen LogP contribution < -0.4 is 5.32 Å². The van der Waals surface area contributed by atoms with Crippen molar-refractivity contribution in [2.75, 3.05) is 5.32 Å². The molecule has 0 fully saturated rings. The summed E-state index contributed by atoms with van der Waals surface area (Å²) < 4.78 is 13.7. The summed E-state index contributed by atoms with van der Waals surface area (Å²) in [6, 6.07) is 23.6. The Morgan fingerprint density at radius 3 is 2.48 bits per heavy atom. The number of amides is 1. The van der Waals surface area contributed by atoms with E-state index in [2.05, 4.69) is 5.32 Å². The predicted molar refractivity (Wildman–Crippen MR) is 95.5 cm³/mol. The highest BCUT2D eigenvalue weighted by molar-refractivity contribution is 6.01. The van der Waals surface area contributed by atoms with Gasteiger partial charge in [-0.05, 0) is 35.4 Å². The number of hydrogen-bond acceptors (Lipinski definition) is 2. The van der Waals surface area contributed by atoms with Crippen LogP contribution in [0.25, 0.3) is 0 Å². The Morgan fingerprint density at radius 1 is 0.920 bits per heavy atom. The van der Waals surface area contributed by atoms with Crippen LogP contribution in [0.1, 0.15) is 27.7 Å². The molecule has 4 heteroatoms. The molecule has 1 aliphatic heterocycles. The summed E-state index contributed by atoms with van der Waals surface area (Å²) in [4.78, 5) is 14.8. The summed E-state index contributed by atoms with van der Waals surface area (Å²) in [7, 11) is 0. The fourth-order valence-electron chi connectivity index (χ4n) is 3.18. The van der Waals surface area contributed by atoms with Crippen molar-refractivity contribution >= 4 is 11.6 Å². The van der Waals surface area contributed by atoms with Gasteiger partial charge in [-0.1, -0.05) is 54.6 Å². The molecule has 0 saturated carbocycles. The second-order valence-corrected chi connectivity index (χ2v) is 6.07. The number of rotatable bonds is 3. The van der Waals surface area contributed by atoms with E-state index in [9.17, 15) is 9.18 Å². The van der Waals surface area contributed by atoms with Crippen LogP contribution in [-0.4, -0.2) is 10.8 Å². The van der Waals surface area contributed by atoms with E-state index in [1.165, 1.54) is 12.1 Å². The highest BCUT2D eigenvalue weighted by Crippen LogP contribution is 2.34. The molecule has 3 nitrogen and oxygen atoms in total. The first-order chi connectivity index (χ1) is 12.2. The molecule has 0 bridgehead atoms. The molecular formula is C21H17FN2O. The smallest absolute Gasteiger partial charge is 0.258 e. The Kier molecular flexibility index (Phi) is 3.94. The van der Waals surface area contributed by atoms with Crippen LogP contribution in [0.4, 0.5) is 10.1 Å². The Morgan fingerprint density at radius 2 is 1.68 bits per heavy atom. The molecule has 1 N–H and O–H groups in total. The van der Waals surface area contributed by atoms with Crippen LogP contribution in [0.3, 0.4) is 0 Å². The van der Waals surface area contributed by atoms with E-state index < -0.39 is 6.17 Å². The number of nitrogens with one attached hydrogen (secondary N) is 1. The normalized spacial score (nSPS) is 16.3. The molecule has 124 valence electrons. The number of para-hydroxylation sites is 1. The minimum atomic E-state index is -0.418. The summed E-state index contributed by atoms with van der Waals surface area (Å²) in [5.41, 5.74) is 3.15. The van der Waals surface area contributed by atoms with Crippen LogP contribution in [-0.2, 0) is 6.54 Å². The van der Waals surface area contributed by atoms with Crippen molar-refractivity contribution in [3.63, 3.8) is 0 Å². The monoisotopic (exact) mass is 332 g/mol. The van der Waals surface area contributed by atoms with Crippen LogP contribution in [0, 0.1) is 5.82 Å². The quantitative estimate of drug-likeness (QED) is 0.761. The number of halogens is 1. The van der Waals surface area contributed by atoms with Gasteiger partial charge in [-0.3, -0.25) is 4.79 Å². The average Bonchev–Trinajstić information content (AvgIpc) is 2.65. The third kappa shape index (κ3) is 2.98.